The summed E-state index contributed by atoms with van der Waals surface area (Å²) in [5, 5.41) is 1.22. The number of piperidine rings is 1. The van der Waals surface area contributed by atoms with Crippen LogP contribution in [-0.2, 0) is 6.54 Å². The van der Waals surface area contributed by atoms with Gasteiger partial charge < -0.3 is 14.0 Å². The molecule has 4 rings (SSSR count). The zero-order valence-electron chi connectivity index (χ0n) is 16.9. The lowest BCUT2D eigenvalue weighted by Gasteiger charge is -2.38. The van der Waals surface area contributed by atoms with Crippen LogP contribution in [0, 0.1) is 0 Å². The highest BCUT2D eigenvalue weighted by Gasteiger charge is 2.27. The number of benzene rings is 2. The van der Waals surface area contributed by atoms with Gasteiger partial charge in [0.05, 0.1) is 34.4 Å². The molecule has 3 aromatic rings. The predicted molar refractivity (Wildman–Crippen MR) is 118 cm³/mol. The molecule has 0 aliphatic carbocycles. The van der Waals surface area contributed by atoms with Crippen molar-refractivity contribution in [1.82, 2.24) is 0 Å². The highest BCUT2D eigenvalue weighted by molar-refractivity contribution is 7.19. The Kier molecular flexibility index (Phi) is 5.42. The normalized spacial score (nSPS) is 19.6. The fourth-order valence-electron chi connectivity index (χ4n) is 4.05. The minimum absolute atomic E-state index is 0.790. The van der Waals surface area contributed by atoms with Crippen LogP contribution >= 0.6 is 11.3 Å². The van der Waals surface area contributed by atoms with Crippen molar-refractivity contribution in [2.24, 2.45) is 0 Å². The summed E-state index contributed by atoms with van der Waals surface area (Å²) < 4.78 is 13.2. The summed E-state index contributed by atoms with van der Waals surface area (Å²) in [6.45, 7) is 3.52. The first-order valence-electron chi connectivity index (χ1n) is 9.81. The lowest BCUT2D eigenvalue weighted by atomic mass is 10.00. The van der Waals surface area contributed by atoms with Crippen LogP contribution in [0.4, 0.5) is 0 Å². The van der Waals surface area contributed by atoms with Crippen LogP contribution in [0.15, 0.2) is 54.1 Å². The minimum Gasteiger partial charge on any atom is -0.493 e. The minimum atomic E-state index is 0.790. The molecule has 3 nitrogen and oxygen atoms in total. The molecule has 0 N–H and O–H groups in total. The Balaban J connectivity index is 1.48. The largest absolute Gasteiger partial charge is 0.493 e. The highest BCUT2D eigenvalue weighted by atomic mass is 32.1. The topological polar surface area (TPSA) is 18.5 Å². The molecule has 0 bridgehead atoms. The summed E-state index contributed by atoms with van der Waals surface area (Å²) >= 11 is 1.83. The van der Waals surface area contributed by atoms with Gasteiger partial charge in [-0.1, -0.05) is 35.9 Å². The number of rotatable bonds is 5. The Bertz CT molecular complexity index is 940. The summed E-state index contributed by atoms with van der Waals surface area (Å²) in [6, 6.07) is 17.3. The van der Waals surface area contributed by atoms with Crippen molar-refractivity contribution in [2.45, 2.75) is 19.4 Å². The third-order valence-electron chi connectivity index (χ3n) is 5.74. The number of quaternary nitrogens is 1. The molecule has 1 saturated heterocycles. The van der Waals surface area contributed by atoms with E-state index in [1.165, 1.54) is 46.5 Å². The molecule has 0 amide bonds. The molecule has 1 aromatic heterocycles. The number of hydrogen-bond acceptors (Lipinski definition) is 3. The van der Waals surface area contributed by atoms with Gasteiger partial charge in [0.2, 0.25) is 0 Å². The Hall–Kier alpha value is -2.30. The van der Waals surface area contributed by atoms with E-state index >= 15 is 0 Å². The first kappa shape index (κ1) is 19.0. The molecule has 1 aliphatic rings. The lowest BCUT2D eigenvalue weighted by Crippen LogP contribution is -2.47. The van der Waals surface area contributed by atoms with Crippen molar-refractivity contribution >= 4 is 27.5 Å². The first-order chi connectivity index (χ1) is 13.6. The Morgan fingerprint density at radius 2 is 1.64 bits per heavy atom. The van der Waals surface area contributed by atoms with E-state index in [-0.39, 0.29) is 0 Å². The quantitative estimate of drug-likeness (QED) is 0.514. The molecular weight excluding hydrogens is 366 g/mol. The average molecular weight is 395 g/mol. The molecule has 2 heterocycles. The van der Waals surface area contributed by atoms with Gasteiger partial charge >= 0.3 is 0 Å². The molecule has 4 heteroatoms. The van der Waals surface area contributed by atoms with Gasteiger partial charge in [0.1, 0.15) is 6.54 Å². The summed E-state index contributed by atoms with van der Waals surface area (Å²) in [4.78, 5) is 1.32. The number of thiophene rings is 1. The molecule has 28 heavy (non-hydrogen) atoms. The number of hydrogen-bond donors (Lipinski definition) is 0. The van der Waals surface area contributed by atoms with E-state index < -0.39 is 0 Å². The Morgan fingerprint density at radius 1 is 0.964 bits per heavy atom. The molecule has 0 atom stereocenters. The lowest BCUT2D eigenvalue weighted by molar-refractivity contribution is -0.925. The molecule has 2 aromatic carbocycles. The second kappa shape index (κ2) is 7.98. The van der Waals surface area contributed by atoms with Crippen LogP contribution < -0.4 is 9.47 Å². The number of ether oxygens (including phenoxy) is 2. The third-order valence-corrected chi connectivity index (χ3v) is 6.79. The monoisotopic (exact) mass is 394 g/mol. The first-order valence-corrected chi connectivity index (χ1v) is 10.6. The highest BCUT2D eigenvalue weighted by Crippen LogP contribution is 2.37. The van der Waals surface area contributed by atoms with Gasteiger partial charge in [-0.3, -0.25) is 0 Å². The van der Waals surface area contributed by atoms with Crippen molar-refractivity contribution in [3.05, 3.63) is 64.5 Å². The maximum Gasteiger partial charge on any atom is 0.162 e. The summed E-state index contributed by atoms with van der Waals surface area (Å²) in [6.07, 6.45) is 4.74. The zero-order chi connectivity index (χ0) is 19.6. The van der Waals surface area contributed by atoms with E-state index in [1.54, 1.807) is 19.8 Å². The number of likely N-dealkylation sites (tertiary alicyclic amines) is 1. The molecular formula is C24H28NO2S+. The summed E-state index contributed by atoms with van der Waals surface area (Å²) in [5.74, 6) is 1.58. The predicted octanol–water partition coefficient (Wildman–Crippen LogP) is 5.74. The molecule has 1 aliphatic heterocycles. The van der Waals surface area contributed by atoms with Gasteiger partial charge in [0.15, 0.2) is 11.5 Å². The second-order valence-corrected chi connectivity index (χ2v) is 9.02. The van der Waals surface area contributed by atoms with E-state index in [2.05, 4.69) is 61.7 Å². The maximum atomic E-state index is 5.44. The van der Waals surface area contributed by atoms with Gasteiger partial charge in [-0.05, 0) is 23.6 Å². The molecule has 0 spiro atoms. The SMILES string of the molecule is COc1cc2cc(C=C3CC[N+](C)(Cc4ccccc4)CC3)sc2cc1OC. The number of fused-ring (bicyclic) bond motifs is 1. The Morgan fingerprint density at radius 3 is 2.32 bits per heavy atom. The van der Waals surface area contributed by atoms with Crippen LogP contribution in [0.1, 0.15) is 23.3 Å². The van der Waals surface area contributed by atoms with Crippen LogP contribution in [0.2, 0.25) is 0 Å². The standard InChI is InChI=1S/C24H28NO2S/c1-25(17-19-7-5-4-6-8-19)11-9-18(10-12-25)13-21-14-20-15-22(26-2)23(27-3)16-24(20)28-21/h4-8,13-16H,9-12,17H2,1-3H3/q+1. The van der Waals surface area contributed by atoms with Gasteiger partial charge in [0.25, 0.3) is 0 Å². The number of nitrogens with zero attached hydrogens (tertiary/aromatic N) is 1. The van der Waals surface area contributed by atoms with Crippen molar-refractivity contribution in [3.63, 3.8) is 0 Å². The summed E-state index contributed by atoms with van der Waals surface area (Å²) in [7, 11) is 5.76. The van der Waals surface area contributed by atoms with E-state index in [9.17, 15) is 0 Å². The maximum absolute atomic E-state index is 5.44. The van der Waals surface area contributed by atoms with Crippen LogP contribution in [-0.4, -0.2) is 38.8 Å². The van der Waals surface area contributed by atoms with Gasteiger partial charge in [0, 0.05) is 34.0 Å². The molecule has 0 radical (unpaired) electrons. The smallest absolute Gasteiger partial charge is 0.162 e. The van der Waals surface area contributed by atoms with Gasteiger partial charge in [-0.15, -0.1) is 11.3 Å². The second-order valence-electron chi connectivity index (χ2n) is 7.91. The average Bonchev–Trinajstić information content (AvgIpc) is 3.10. The fourth-order valence-corrected chi connectivity index (χ4v) is 5.12. The zero-order valence-corrected chi connectivity index (χ0v) is 17.7. The molecule has 0 saturated carbocycles. The van der Waals surface area contributed by atoms with E-state index in [0.717, 1.165) is 22.5 Å². The van der Waals surface area contributed by atoms with E-state index in [0.29, 0.717) is 0 Å². The van der Waals surface area contributed by atoms with Crippen molar-refractivity contribution in [1.29, 1.82) is 0 Å². The molecule has 0 unspecified atom stereocenters. The van der Waals surface area contributed by atoms with Crippen molar-refractivity contribution in [2.75, 3.05) is 34.4 Å². The van der Waals surface area contributed by atoms with E-state index in [1.807, 2.05) is 11.3 Å². The number of methoxy groups -OCH3 is 2. The van der Waals surface area contributed by atoms with Crippen molar-refractivity contribution in [3.8, 4) is 11.5 Å². The Labute approximate surface area is 171 Å². The fraction of sp³-hybridized carbons (Fsp3) is 0.333. The summed E-state index contributed by atoms with van der Waals surface area (Å²) in [5.41, 5.74) is 3.00. The van der Waals surface area contributed by atoms with E-state index in [4.69, 9.17) is 9.47 Å². The molecule has 146 valence electrons. The van der Waals surface area contributed by atoms with Crippen LogP contribution in [0.25, 0.3) is 16.2 Å². The molecule has 1 fully saturated rings. The van der Waals surface area contributed by atoms with Gasteiger partial charge in [-0.25, -0.2) is 0 Å². The van der Waals surface area contributed by atoms with Gasteiger partial charge in [-0.2, -0.15) is 0 Å². The van der Waals surface area contributed by atoms with Crippen LogP contribution in [0.5, 0.6) is 11.5 Å². The van der Waals surface area contributed by atoms with Crippen molar-refractivity contribution < 1.29 is 14.0 Å². The van der Waals surface area contributed by atoms with Crippen LogP contribution in [0.3, 0.4) is 0 Å². The third kappa shape index (κ3) is 4.08.